The van der Waals surface area contributed by atoms with Crippen LogP contribution in [0.25, 0.3) is 0 Å². The van der Waals surface area contributed by atoms with Crippen LogP contribution in [0.2, 0.25) is 5.02 Å². The molecule has 1 fully saturated rings. The quantitative estimate of drug-likeness (QED) is 0.798. The SMILES string of the molecule is OCCN(CCC(O)c1cccc(Cl)c1)C1CC1. The highest BCUT2D eigenvalue weighted by Crippen LogP contribution is 2.28. The van der Waals surface area contributed by atoms with E-state index in [1.165, 1.54) is 12.8 Å². The van der Waals surface area contributed by atoms with E-state index in [9.17, 15) is 5.11 Å². The number of aliphatic hydroxyl groups is 2. The Kier molecular flexibility index (Phi) is 5.01. The van der Waals surface area contributed by atoms with Crippen LogP contribution in [-0.4, -0.2) is 40.9 Å². The number of aliphatic hydroxyl groups excluding tert-OH is 2. The predicted molar refractivity (Wildman–Crippen MR) is 72.7 cm³/mol. The Morgan fingerprint density at radius 2 is 2.11 bits per heavy atom. The van der Waals surface area contributed by atoms with Crippen molar-refractivity contribution >= 4 is 11.6 Å². The molecule has 2 N–H and O–H groups in total. The Morgan fingerprint density at radius 1 is 1.33 bits per heavy atom. The summed E-state index contributed by atoms with van der Waals surface area (Å²) < 4.78 is 0. The number of halogens is 1. The van der Waals surface area contributed by atoms with Crippen molar-refractivity contribution in [2.75, 3.05) is 19.7 Å². The lowest BCUT2D eigenvalue weighted by Gasteiger charge is -2.22. The highest BCUT2D eigenvalue weighted by molar-refractivity contribution is 6.30. The molecule has 100 valence electrons. The Balaban J connectivity index is 1.84. The largest absolute Gasteiger partial charge is 0.395 e. The van der Waals surface area contributed by atoms with Crippen LogP contribution in [0.5, 0.6) is 0 Å². The van der Waals surface area contributed by atoms with E-state index in [0.29, 0.717) is 24.0 Å². The van der Waals surface area contributed by atoms with Crippen molar-refractivity contribution in [3.05, 3.63) is 34.9 Å². The van der Waals surface area contributed by atoms with E-state index in [1.54, 1.807) is 12.1 Å². The fraction of sp³-hybridized carbons (Fsp3) is 0.571. The van der Waals surface area contributed by atoms with Crippen LogP contribution in [0.4, 0.5) is 0 Å². The summed E-state index contributed by atoms with van der Waals surface area (Å²) in [7, 11) is 0. The van der Waals surface area contributed by atoms with Crippen LogP contribution in [0.3, 0.4) is 0 Å². The van der Waals surface area contributed by atoms with Crippen molar-refractivity contribution in [1.82, 2.24) is 4.90 Å². The van der Waals surface area contributed by atoms with Gasteiger partial charge in [-0.05, 0) is 37.0 Å². The molecular weight excluding hydrogens is 250 g/mol. The molecule has 3 nitrogen and oxygen atoms in total. The third-order valence-electron chi connectivity index (χ3n) is 3.37. The molecule has 1 aliphatic rings. The second-order valence-corrected chi connectivity index (χ2v) is 5.29. The minimum Gasteiger partial charge on any atom is -0.395 e. The van der Waals surface area contributed by atoms with E-state index in [4.69, 9.17) is 16.7 Å². The third-order valence-corrected chi connectivity index (χ3v) is 3.61. The van der Waals surface area contributed by atoms with E-state index < -0.39 is 6.10 Å². The fourth-order valence-corrected chi connectivity index (χ4v) is 2.41. The van der Waals surface area contributed by atoms with Crippen molar-refractivity contribution < 1.29 is 10.2 Å². The molecule has 1 saturated carbocycles. The van der Waals surface area contributed by atoms with Crippen LogP contribution < -0.4 is 0 Å². The molecule has 0 aromatic heterocycles. The van der Waals surface area contributed by atoms with Gasteiger partial charge in [-0.1, -0.05) is 23.7 Å². The third kappa shape index (κ3) is 3.95. The highest BCUT2D eigenvalue weighted by atomic mass is 35.5. The molecule has 4 heteroatoms. The van der Waals surface area contributed by atoms with Crippen molar-refractivity contribution in [3.8, 4) is 0 Å². The summed E-state index contributed by atoms with van der Waals surface area (Å²) in [5.74, 6) is 0. The zero-order valence-electron chi connectivity index (χ0n) is 10.4. The van der Waals surface area contributed by atoms with Crippen molar-refractivity contribution in [2.24, 2.45) is 0 Å². The topological polar surface area (TPSA) is 43.7 Å². The molecule has 0 saturated heterocycles. The summed E-state index contributed by atoms with van der Waals surface area (Å²) in [6.07, 6.45) is 2.63. The van der Waals surface area contributed by atoms with Crippen LogP contribution in [0.1, 0.15) is 30.9 Å². The number of rotatable bonds is 7. The maximum Gasteiger partial charge on any atom is 0.0802 e. The molecule has 0 spiro atoms. The van der Waals surface area contributed by atoms with Gasteiger partial charge < -0.3 is 10.2 Å². The molecule has 0 amide bonds. The lowest BCUT2D eigenvalue weighted by Crippen LogP contribution is -2.31. The maximum atomic E-state index is 10.1. The van der Waals surface area contributed by atoms with Gasteiger partial charge in [0, 0.05) is 24.2 Å². The zero-order valence-corrected chi connectivity index (χ0v) is 11.2. The average Bonchev–Trinajstić information content (AvgIpc) is 3.18. The molecule has 0 heterocycles. The second-order valence-electron chi connectivity index (χ2n) is 4.85. The minimum absolute atomic E-state index is 0.184. The van der Waals surface area contributed by atoms with E-state index in [1.807, 2.05) is 12.1 Å². The monoisotopic (exact) mass is 269 g/mol. The van der Waals surface area contributed by atoms with Gasteiger partial charge in [-0.2, -0.15) is 0 Å². The summed E-state index contributed by atoms with van der Waals surface area (Å²) in [5.41, 5.74) is 0.863. The van der Waals surface area contributed by atoms with Crippen LogP contribution >= 0.6 is 11.6 Å². The molecule has 0 aliphatic heterocycles. The van der Waals surface area contributed by atoms with Crippen molar-refractivity contribution in [2.45, 2.75) is 31.4 Å². The second kappa shape index (κ2) is 6.53. The molecule has 1 aliphatic carbocycles. The molecule has 1 unspecified atom stereocenters. The molecule has 18 heavy (non-hydrogen) atoms. The lowest BCUT2D eigenvalue weighted by molar-refractivity contribution is 0.127. The summed E-state index contributed by atoms with van der Waals surface area (Å²) in [5, 5.41) is 19.8. The smallest absolute Gasteiger partial charge is 0.0802 e. The lowest BCUT2D eigenvalue weighted by atomic mass is 10.1. The molecule has 2 rings (SSSR count). The van der Waals surface area contributed by atoms with Gasteiger partial charge in [0.2, 0.25) is 0 Å². The number of hydrogen-bond donors (Lipinski definition) is 2. The van der Waals surface area contributed by atoms with E-state index >= 15 is 0 Å². The van der Waals surface area contributed by atoms with Crippen LogP contribution in [0.15, 0.2) is 24.3 Å². The summed E-state index contributed by atoms with van der Waals surface area (Å²) in [4.78, 5) is 2.26. The summed E-state index contributed by atoms with van der Waals surface area (Å²) in [6, 6.07) is 7.97. The standard InChI is InChI=1S/C14H20ClNO2/c15-12-3-1-2-11(10-12)14(18)6-7-16(8-9-17)13-4-5-13/h1-3,10,13-14,17-18H,4-9H2. The van der Waals surface area contributed by atoms with Crippen LogP contribution in [0, 0.1) is 0 Å². The number of hydrogen-bond acceptors (Lipinski definition) is 3. The molecule has 1 aromatic carbocycles. The Bertz CT molecular complexity index is 382. The minimum atomic E-state index is -0.483. The van der Waals surface area contributed by atoms with E-state index in [0.717, 1.165) is 12.1 Å². The van der Waals surface area contributed by atoms with Gasteiger partial charge in [0.25, 0.3) is 0 Å². The predicted octanol–water partition coefficient (Wildman–Crippen LogP) is 2.22. The fourth-order valence-electron chi connectivity index (χ4n) is 2.21. The highest BCUT2D eigenvalue weighted by Gasteiger charge is 2.28. The first-order valence-corrected chi connectivity index (χ1v) is 6.87. The van der Waals surface area contributed by atoms with Gasteiger partial charge in [0.1, 0.15) is 0 Å². The van der Waals surface area contributed by atoms with Gasteiger partial charge in [0.05, 0.1) is 12.7 Å². The molecule has 1 atom stereocenters. The van der Waals surface area contributed by atoms with Gasteiger partial charge in [-0.25, -0.2) is 0 Å². The molecule has 0 bridgehead atoms. The van der Waals surface area contributed by atoms with Gasteiger partial charge in [0.15, 0.2) is 0 Å². The average molecular weight is 270 g/mol. The normalized spacial score (nSPS) is 17.1. The van der Waals surface area contributed by atoms with Crippen molar-refractivity contribution in [1.29, 1.82) is 0 Å². The first-order chi connectivity index (χ1) is 8.70. The Hall–Kier alpha value is -0.610. The van der Waals surface area contributed by atoms with Gasteiger partial charge in [-0.3, -0.25) is 4.90 Å². The van der Waals surface area contributed by atoms with E-state index in [-0.39, 0.29) is 6.61 Å². The van der Waals surface area contributed by atoms with Gasteiger partial charge >= 0.3 is 0 Å². The molecule has 0 radical (unpaired) electrons. The Morgan fingerprint density at radius 3 is 2.72 bits per heavy atom. The first-order valence-electron chi connectivity index (χ1n) is 6.49. The zero-order chi connectivity index (χ0) is 13.0. The maximum absolute atomic E-state index is 10.1. The van der Waals surface area contributed by atoms with Gasteiger partial charge in [-0.15, -0.1) is 0 Å². The first kappa shape index (κ1) is 13.8. The Labute approximate surface area is 113 Å². The molecule has 1 aromatic rings. The number of benzene rings is 1. The molecular formula is C14H20ClNO2. The number of nitrogens with zero attached hydrogens (tertiary/aromatic N) is 1. The summed E-state index contributed by atoms with van der Waals surface area (Å²) in [6.45, 7) is 1.70. The van der Waals surface area contributed by atoms with Crippen molar-refractivity contribution in [3.63, 3.8) is 0 Å². The van der Waals surface area contributed by atoms with Crippen LogP contribution in [-0.2, 0) is 0 Å². The van der Waals surface area contributed by atoms with E-state index in [2.05, 4.69) is 4.90 Å². The summed E-state index contributed by atoms with van der Waals surface area (Å²) >= 11 is 5.91.